The van der Waals surface area contributed by atoms with Crippen LogP contribution in [-0.2, 0) is 27.2 Å². The number of anilines is 1. The molecule has 156 valence electrons. The third kappa shape index (κ3) is 4.47. The number of fused-ring (bicyclic) bond motifs is 1. The van der Waals surface area contributed by atoms with Crippen LogP contribution in [0.4, 0.5) is 5.00 Å². The van der Waals surface area contributed by atoms with Crippen molar-refractivity contribution in [1.29, 1.82) is 5.26 Å². The molecule has 0 aromatic carbocycles. The first-order valence-corrected chi connectivity index (χ1v) is 11.3. The molecule has 29 heavy (non-hydrogen) atoms. The van der Waals surface area contributed by atoms with Crippen LogP contribution in [0.15, 0.2) is 0 Å². The first kappa shape index (κ1) is 20.3. The summed E-state index contributed by atoms with van der Waals surface area (Å²) in [5.41, 5.74) is 1.78. The van der Waals surface area contributed by atoms with Crippen molar-refractivity contribution in [3.63, 3.8) is 0 Å². The van der Waals surface area contributed by atoms with Crippen LogP contribution in [0.1, 0.15) is 42.2 Å². The number of rotatable bonds is 4. The number of nitrogens with one attached hydrogen (secondary N) is 1. The molecule has 1 aliphatic carbocycles. The number of piperazine rings is 1. The Morgan fingerprint density at radius 3 is 2.76 bits per heavy atom. The Hall–Kier alpha value is -1.95. The van der Waals surface area contributed by atoms with Gasteiger partial charge in [-0.3, -0.25) is 14.5 Å². The average molecular weight is 417 g/mol. The molecule has 2 fully saturated rings. The van der Waals surface area contributed by atoms with Gasteiger partial charge in [0.05, 0.1) is 12.1 Å². The molecule has 1 aromatic rings. The van der Waals surface area contributed by atoms with E-state index >= 15 is 0 Å². The smallest absolute Gasteiger partial charge is 0.251 e. The first-order chi connectivity index (χ1) is 14.0. The monoisotopic (exact) mass is 416 g/mol. The number of nitrogens with zero attached hydrogens (tertiary/aromatic N) is 3. The van der Waals surface area contributed by atoms with Gasteiger partial charge in [-0.05, 0) is 43.6 Å². The second-order valence-electron chi connectivity index (χ2n) is 8.32. The van der Waals surface area contributed by atoms with Gasteiger partial charge in [0.25, 0.3) is 5.91 Å². The summed E-state index contributed by atoms with van der Waals surface area (Å²) in [6.45, 7) is 5.79. The van der Waals surface area contributed by atoms with E-state index in [2.05, 4.69) is 23.2 Å². The summed E-state index contributed by atoms with van der Waals surface area (Å²) in [4.78, 5) is 30.2. The van der Waals surface area contributed by atoms with E-state index in [1.54, 1.807) is 11.3 Å². The fourth-order valence-electron chi connectivity index (χ4n) is 4.43. The molecule has 2 amide bonds. The minimum Gasteiger partial charge on any atom is -0.368 e. The van der Waals surface area contributed by atoms with Crippen LogP contribution in [0.3, 0.4) is 0 Å². The van der Waals surface area contributed by atoms with E-state index in [0.717, 1.165) is 37.7 Å². The molecule has 8 heteroatoms. The standard InChI is InChI=1S/C21H28N4O3S/c1-14-4-5-15-16(12-22)20(29-18(15)11-14)23-19(26)13-24-6-8-25(9-7-24)21(27)17-3-2-10-28-17/h14,17H,2-11,13H2,1H3,(H,23,26)/t14-,17-/m1/s1. The van der Waals surface area contributed by atoms with E-state index in [1.807, 2.05) is 4.90 Å². The highest BCUT2D eigenvalue weighted by Crippen LogP contribution is 2.39. The van der Waals surface area contributed by atoms with E-state index in [-0.39, 0.29) is 24.5 Å². The summed E-state index contributed by atoms with van der Waals surface area (Å²) < 4.78 is 5.49. The lowest BCUT2D eigenvalue weighted by molar-refractivity contribution is -0.142. The molecule has 0 unspecified atom stereocenters. The molecule has 0 radical (unpaired) electrons. The zero-order valence-corrected chi connectivity index (χ0v) is 17.7. The summed E-state index contributed by atoms with van der Waals surface area (Å²) in [5, 5.41) is 13.3. The average Bonchev–Trinajstić information content (AvgIpc) is 3.35. The van der Waals surface area contributed by atoms with Gasteiger partial charge in [-0.2, -0.15) is 5.26 Å². The van der Waals surface area contributed by atoms with Gasteiger partial charge in [0.1, 0.15) is 17.2 Å². The molecule has 0 bridgehead atoms. The molecule has 2 saturated heterocycles. The van der Waals surface area contributed by atoms with Crippen LogP contribution in [-0.4, -0.2) is 67.0 Å². The molecule has 3 heterocycles. The molecule has 2 atom stereocenters. The Kier molecular flexibility index (Phi) is 6.18. The Bertz CT molecular complexity index is 817. The maximum atomic E-state index is 12.6. The second-order valence-corrected chi connectivity index (χ2v) is 9.42. The Morgan fingerprint density at radius 1 is 1.28 bits per heavy atom. The number of thiophene rings is 1. The quantitative estimate of drug-likeness (QED) is 0.812. The molecule has 7 nitrogen and oxygen atoms in total. The van der Waals surface area contributed by atoms with E-state index < -0.39 is 0 Å². The number of carbonyl (C=O) groups is 2. The zero-order chi connectivity index (χ0) is 20.4. The van der Waals surface area contributed by atoms with Gasteiger partial charge < -0.3 is 15.0 Å². The summed E-state index contributed by atoms with van der Waals surface area (Å²) in [6, 6.07) is 2.30. The molecular formula is C21H28N4O3S. The van der Waals surface area contributed by atoms with Gasteiger partial charge >= 0.3 is 0 Å². The van der Waals surface area contributed by atoms with Crippen molar-refractivity contribution in [2.75, 3.05) is 44.6 Å². The molecule has 0 saturated carbocycles. The Labute approximate surface area is 175 Å². The summed E-state index contributed by atoms with van der Waals surface area (Å²) in [6.07, 6.45) is 4.50. The fraction of sp³-hybridized carbons (Fsp3) is 0.667. The van der Waals surface area contributed by atoms with Crippen molar-refractivity contribution in [2.24, 2.45) is 5.92 Å². The maximum absolute atomic E-state index is 12.6. The van der Waals surface area contributed by atoms with Crippen LogP contribution in [0, 0.1) is 17.2 Å². The number of carbonyl (C=O) groups excluding carboxylic acids is 2. The molecule has 3 aliphatic rings. The largest absolute Gasteiger partial charge is 0.368 e. The number of nitriles is 1. The van der Waals surface area contributed by atoms with Crippen molar-refractivity contribution < 1.29 is 14.3 Å². The number of hydrogen-bond acceptors (Lipinski definition) is 6. The summed E-state index contributed by atoms with van der Waals surface area (Å²) in [7, 11) is 0. The summed E-state index contributed by atoms with van der Waals surface area (Å²) in [5.74, 6) is 0.626. The normalized spacial score (nSPS) is 24.8. The SMILES string of the molecule is C[C@@H]1CCc2c(sc(NC(=O)CN3CCN(C(=O)[C@H]4CCCO4)CC3)c2C#N)C1. The lowest BCUT2D eigenvalue weighted by atomic mass is 9.89. The predicted molar refractivity (Wildman–Crippen MR) is 111 cm³/mol. The minimum absolute atomic E-state index is 0.0867. The van der Waals surface area contributed by atoms with Crippen molar-refractivity contribution in [2.45, 2.75) is 45.1 Å². The van der Waals surface area contributed by atoms with Gasteiger partial charge in [-0.25, -0.2) is 0 Å². The van der Waals surface area contributed by atoms with Crippen LogP contribution in [0.25, 0.3) is 0 Å². The van der Waals surface area contributed by atoms with E-state index in [0.29, 0.717) is 49.3 Å². The van der Waals surface area contributed by atoms with E-state index in [4.69, 9.17) is 4.74 Å². The van der Waals surface area contributed by atoms with Gasteiger partial charge in [0.2, 0.25) is 5.91 Å². The minimum atomic E-state index is -0.276. The number of hydrogen-bond donors (Lipinski definition) is 1. The van der Waals surface area contributed by atoms with Crippen LogP contribution >= 0.6 is 11.3 Å². The highest BCUT2D eigenvalue weighted by atomic mass is 32.1. The molecule has 1 aromatic heterocycles. The van der Waals surface area contributed by atoms with Crippen molar-refractivity contribution in [3.8, 4) is 6.07 Å². The number of ether oxygens (including phenoxy) is 1. The lowest BCUT2D eigenvalue weighted by Gasteiger charge is -2.35. The fourth-order valence-corrected chi connectivity index (χ4v) is 5.81. The van der Waals surface area contributed by atoms with Crippen LogP contribution in [0.2, 0.25) is 0 Å². The topological polar surface area (TPSA) is 85.7 Å². The third-order valence-electron chi connectivity index (χ3n) is 6.13. The molecule has 4 rings (SSSR count). The van der Waals surface area contributed by atoms with Crippen molar-refractivity contribution >= 4 is 28.2 Å². The molecule has 1 N–H and O–H groups in total. The molecule has 0 spiro atoms. The number of amides is 2. The van der Waals surface area contributed by atoms with E-state index in [9.17, 15) is 14.9 Å². The highest BCUT2D eigenvalue weighted by Gasteiger charge is 2.31. The third-order valence-corrected chi connectivity index (χ3v) is 7.30. The molecule has 2 aliphatic heterocycles. The van der Waals surface area contributed by atoms with Gasteiger partial charge in [-0.1, -0.05) is 6.92 Å². The zero-order valence-electron chi connectivity index (χ0n) is 16.9. The Balaban J connectivity index is 1.30. The maximum Gasteiger partial charge on any atom is 0.251 e. The van der Waals surface area contributed by atoms with Gasteiger partial charge in [0.15, 0.2) is 0 Å². The molecular weight excluding hydrogens is 388 g/mol. The predicted octanol–water partition coefficient (Wildman–Crippen LogP) is 2.01. The summed E-state index contributed by atoms with van der Waals surface area (Å²) >= 11 is 1.56. The highest BCUT2D eigenvalue weighted by molar-refractivity contribution is 7.16. The van der Waals surface area contributed by atoms with Crippen LogP contribution in [0.5, 0.6) is 0 Å². The van der Waals surface area contributed by atoms with E-state index in [1.165, 1.54) is 4.88 Å². The van der Waals surface area contributed by atoms with Crippen molar-refractivity contribution in [1.82, 2.24) is 9.80 Å². The van der Waals surface area contributed by atoms with Crippen molar-refractivity contribution in [3.05, 3.63) is 16.0 Å². The van der Waals surface area contributed by atoms with Crippen LogP contribution < -0.4 is 5.32 Å². The Morgan fingerprint density at radius 2 is 2.07 bits per heavy atom. The van der Waals surface area contributed by atoms with Gasteiger partial charge in [-0.15, -0.1) is 11.3 Å². The van der Waals surface area contributed by atoms with Gasteiger partial charge in [0, 0.05) is 37.7 Å². The lowest BCUT2D eigenvalue weighted by Crippen LogP contribution is -2.52. The second kappa shape index (κ2) is 8.82. The first-order valence-electron chi connectivity index (χ1n) is 10.5.